The molecule has 258 valence electrons. The van der Waals surface area contributed by atoms with Crippen LogP contribution in [0.5, 0.6) is 0 Å². The topological polar surface area (TPSA) is 55.7 Å². The SMILES string of the molecule is O=P(c1ccccc1)(c1ccccc1)c1ccc(-c2c3ccccc3c(-c3nc(-c4ccc(F)cc4)nc(-c4ccc(F)cc4)n3)c3ccccc23)cc1. The highest BCUT2D eigenvalue weighted by Crippen LogP contribution is 2.45. The number of nitrogens with zero attached hydrogens (tertiary/aromatic N) is 3. The second-order valence-electron chi connectivity index (χ2n) is 13.0. The fourth-order valence-corrected chi connectivity index (χ4v) is 9.83. The summed E-state index contributed by atoms with van der Waals surface area (Å²) in [6.07, 6.45) is 0. The van der Waals surface area contributed by atoms with E-state index in [1.54, 1.807) is 24.3 Å². The molecule has 0 fully saturated rings. The van der Waals surface area contributed by atoms with Crippen LogP contribution in [0.25, 0.3) is 66.8 Å². The maximum absolute atomic E-state index is 15.1. The van der Waals surface area contributed by atoms with Crippen LogP contribution in [0.1, 0.15) is 0 Å². The Kier molecular flexibility index (Phi) is 8.45. The van der Waals surface area contributed by atoms with E-state index in [4.69, 9.17) is 15.0 Å². The van der Waals surface area contributed by atoms with Crippen LogP contribution in [0, 0.1) is 11.6 Å². The third-order valence-corrected chi connectivity index (χ3v) is 12.8. The van der Waals surface area contributed by atoms with Gasteiger partial charge < -0.3 is 4.57 Å². The number of hydrogen-bond acceptors (Lipinski definition) is 4. The molecule has 0 saturated heterocycles. The second kappa shape index (κ2) is 13.7. The minimum Gasteiger partial charge on any atom is -0.309 e. The van der Waals surface area contributed by atoms with Crippen molar-refractivity contribution in [2.24, 2.45) is 0 Å². The molecule has 0 aliphatic heterocycles. The summed E-state index contributed by atoms with van der Waals surface area (Å²) in [5, 5.41) is 6.14. The number of halogens is 2. The van der Waals surface area contributed by atoms with Gasteiger partial charge in [-0.15, -0.1) is 0 Å². The van der Waals surface area contributed by atoms with Gasteiger partial charge in [-0.25, -0.2) is 23.7 Å². The first-order valence-corrected chi connectivity index (χ1v) is 19.2. The fraction of sp³-hybridized carbons (Fsp3) is 0. The van der Waals surface area contributed by atoms with Crippen molar-refractivity contribution in [1.29, 1.82) is 0 Å². The van der Waals surface area contributed by atoms with Gasteiger partial charge in [0.05, 0.1) is 0 Å². The highest BCUT2D eigenvalue weighted by Gasteiger charge is 2.30. The van der Waals surface area contributed by atoms with Crippen LogP contribution in [0.15, 0.2) is 182 Å². The van der Waals surface area contributed by atoms with Crippen molar-refractivity contribution in [3.8, 4) is 45.3 Å². The van der Waals surface area contributed by atoms with Crippen molar-refractivity contribution < 1.29 is 13.3 Å². The molecular weight excluding hydrogens is 692 g/mol. The second-order valence-corrected chi connectivity index (χ2v) is 15.8. The Hall–Kier alpha value is -6.62. The van der Waals surface area contributed by atoms with Crippen molar-refractivity contribution in [3.63, 3.8) is 0 Å². The molecule has 9 rings (SSSR count). The molecule has 9 aromatic rings. The zero-order valence-electron chi connectivity index (χ0n) is 28.8. The molecule has 0 N–H and O–H groups in total. The molecule has 1 heterocycles. The van der Waals surface area contributed by atoms with Gasteiger partial charge in [0.15, 0.2) is 24.6 Å². The van der Waals surface area contributed by atoms with E-state index in [9.17, 15) is 8.78 Å². The zero-order chi connectivity index (χ0) is 36.6. The van der Waals surface area contributed by atoms with E-state index in [-0.39, 0.29) is 11.6 Å². The molecule has 0 aliphatic rings. The Labute approximate surface area is 310 Å². The highest BCUT2D eigenvalue weighted by atomic mass is 31.2. The first kappa shape index (κ1) is 33.2. The van der Waals surface area contributed by atoms with Crippen molar-refractivity contribution in [2.75, 3.05) is 0 Å². The molecule has 0 aliphatic carbocycles. The summed E-state index contributed by atoms with van der Waals surface area (Å²) in [6, 6.07) is 55.8. The standard InChI is InChI=1S/C47H30F2N3OP/c48-34-25-19-32(20-26-34)45-50-46(33-21-27-35(49)28-22-33)52-47(51-45)44-41-17-9-7-15-39(41)43(40-16-8-10-18-42(40)44)31-23-29-38(30-24-31)54(53,36-11-3-1-4-12-36)37-13-5-2-6-14-37/h1-30H. The summed E-state index contributed by atoms with van der Waals surface area (Å²) in [7, 11) is -3.16. The van der Waals surface area contributed by atoms with Gasteiger partial charge in [-0.1, -0.05) is 133 Å². The van der Waals surface area contributed by atoms with Gasteiger partial charge in [-0.05, 0) is 81.2 Å². The Morgan fingerprint density at radius 3 is 1.09 bits per heavy atom. The summed E-state index contributed by atoms with van der Waals surface area (Å²) >= 11 is 0. The van der Waals surface area contributed by atoms with Crippen LogP contribution < -0.4 is 15.9 Å². The molecule has 1 aromatic heterocycles. The van der Waals surface area contributed by atoms with E-state index in [0.717, 1.165) is 54.1 Å². The van der Waals surface area contributed by atoms with E-state index >= 15 is 4.57 Å². The highest BCUT2D eigenvalue weighted by molar-refractivity contribution is 7.85. The number of aromatic nitrogens is 3. The molecule has 0 atom stereocenters. The molecule has 4 nitrogen and oxygen atoms in total. The van der Waals surface area contributed by atoms with E-state index in [1.807, 2.05) is 97.1 Å². The molecule has 0 bridgehead atoms. The Morgan fingerprint density at radius 2 is 0.667 bits per heavy atom. The van der Waals surface area contributed by atoms with E-state index in [2.05, 4.69) is 36.4 Å². The van der Waals surface area contributed by atoms with Gasteiger partial charge in [0.1, 0.15) is 11.6 Å². The van der Waals surface area contributed by atoms with Crippen molar-refractivity contribution in [1.82, 2.24) is 15.0 Å². The summed E-state index contributed by atoms with van der Waals surface area (Å²) in [6.45, 7) is 0. The molecule has 7 heteroatoms. The van der Waals surface area contributed by atoms with Crippen LogP contribution in [0.4, 0.5) is 8.78 Å². The summed E-state index contributed by atoms with van der Waals surface area (Å²) < 4.78 is 43.1. The molecule has 0 saturated carbocycles. The van der Waals surface area contributed by atoms with Crippen LogP contribution in [-0.2, 0) is 4.57 Å². The minimum absolute atomic E-state index is 0.365. The maximum Gasteiger partial charge on any atom is 0.171 e. The maximum atomic E-state index is 15.1. The van der Waals surface area contributed by atoms with Crippen molar-refractivity contribution >= 4 is 44.6 Å². The predicted molar refractivity (Wildman–Crippen MR) is 216 cm³/mol. The smallest absolute Gasteiger partial charge is 0.171 e. The van der Waals surface area contributed by atoms with E-state index in [0.29, 0.717) is 28.6 Å². The minimum atomic E-state index is -3.16. The van der Waals surface area contributed by atoms with Crippen LogP contribution in [-0.4, -0.2) is 15.0 Å². The molecule has 0 amide bonds. The average Bonchev–Trinajstić information content (AvgIpc) is 3.23. The van der Waals surface area contributed by atoms with Crippen molar-refractivity contribution in [2.45, 2.75) is 0 Å². The normalized spacial score (nSPS) is 11.6. The molecule has 8 aromatic carbocycles. The third kappa shape index (κ3) is 5.87. The summed E-state index contributed by atoms with van der Waals surface area (Å²) in [5.74, 6) is 0.442. The lowest BCUT2D eigenvalue weighted by atomic mass is 9.88. The molecule has 54 heavy (non-hydrogen) atoms. The van der Waals surface area contributed by atoms with Crippen molar-refractivity contribution in [3.05, 3.63) is 194 Å². The number of hydrogen-bond donors (Lipinski definition) is 0. The third-order valence-electron chi connectivity index (χ3n) is 9.75. The van der Waals surface area contributed by atoms with Crippen LogP contribution >= 0.6 is 7.14 Å². The lowest BCUT2D eigenvalue weighted by molar-refractivity contribution is 0.592. The van der Waals surface area contributed by atoms with Gasteiger partial charge in [0.25, 0.3) is 0 Å². The molecule has 0 unspecified atom stereocenters. The van der Waals surface area contributed by atoms with Gasteiger partial charge in [-0.3, -0.25) is 0 Å². The average molecular weight is 722 g/mol. The molecule has 0 radical (unpaired) electrons. The monoisotopic (exact) mass is 721 g/mol. The quantitative estimate of drug-likeness (QED) is 0.121. The van der Waals surface area contributed by atoms with Crippen LogP contribution in [0.2, 0.25) is 0 Å². The van der Waals surface area contributed by atoms with Gasteiger partial charge >= 0.3 is 0 Å². The largest absolute Gasteiger partial charge is 0.309 e. The number of fused-ring (bicyclic) bond motifs is 2. The molecular formula is C47H30F2N3OP. The zero-order valence-corrected chi connectivity index (χ0v) is 29.7. The lowest BCUT2D eigenvalue weighted by Gasteiger charge is -2.21. The van der Waals surface area contributed by atoms with Crippen LogP contribution in [0.3, 0.4) is 0 Å². The van der Waals surface area contributed by atoms with Gasteiger partial charge in [0.2, 0.25) is 0 Å². The number of benzene rings is 8. The van der Waals surface area contributed by atoms with E-state index < -0.39 is 7.14 Å². The summed E-state index contributed by atoms with van der Waals surface area (Å²) in [4.78, 5) is 14.8. The lowest BCUT2D eigenvalue weighted by Crippen LogP contribution is -2.24. The van der Waals surface area contributed by atoms with Gasteiger partial charge in [0, 0.05) is 32.6 Å². The Morgan fingerprint density at radius 1 is 0.333 bits per heavy atom. The van der Waals surface area contributed by atoms with Gasteiger partial charge in [-0.2, -0.15) is 0 Å². The fourth-order valence-electron chi connectivity index (χ4n) is 7.19. The van der Waals surface area contributed by atoms with E-state index in [1.165, 1.54) is 24.3 Å². The first-order valence-electron chi connectivity index (χ1n) is 17.5. The number of rotatable bonds is 7. The molecule has 0 spiro atoms. The Balaban J connectivity index is 1.26. The predicted octanol–water partition coefficient (Wildman–Crippen LogP) is 10.8. The first-order chi connectivity index (χ1) is 26.5. The summed E-state index contributed by atoms with van der Waals surface area (Å²) in [5.41, 5.74) is 4.06. The Bertz CT molecular complexity index is 2680.